The van der Waals surface area contributed by atoms with Crippen LogP contribution in [0.1, 0.15) is 12.8 Å². The highest BCUT2D eigenvalue weighted by Crippen LogP contribution is 2.55. The summed E-state index contributed by atoms with van der Waals surface area (Å²) in [6.45, 7) is 0.682. The SMILES string of the molecule is O=C(CN1CCS(=O)(=O)CC1)OC1C2CC3C1OS(=O)(=O)C3C2. The van der Waals surface area contributed by atoms with Gasteiger partial charge in [0.2, 0.25) is 0 Å². The largest absolute Gasteiger partial charge is 0.458 e. The molecule has 0 N–H and O–H groups in total. The molecule has 0 aromatic rings. The van der Waals surface area contributed by atoms with Crippen LogP contribution in [-0.2, 0) is 33.7 Å². The number of hydrogen-bond donors (Lipinski definition) is 0. The summed E-state index contributed by atoms with van der Waals surface area (Å²) in [4.78, 5) is 13.9. The third-order valence-electron chi connectivity index (χ3n) is 5.47. The van der Waals surface area contributed by atoms with E-state index in [0.29, 0.717) is 19.5 Å². The molecule has 5 atom stereocenters. The van der Waals surface area contributed by atoms with Crippen LogP contribution >= 0.6 is 0 Å². The van der Waals surface area contributed by atoms with E-state index in [4.69, 9.17) is 8.92 Å². The summed E-state index contributed by atoms with van der Waals surface area (Å²) in [6.07, 6.45) is 0.210. The first-order valence-electron chi connectivity index (χ1n) is 7.79. The van der Waals surface area contributed by atoms with Gasteiger partial charge in [-0.25, -0.2) is 8.42 Å². The number of rotatable bonds is 3. The van der Waals surface area contributed by atoms with Crippen molar-refractivity contribution in [3.05, 3.63) is 0 Å². The zero-order valence-electron chi connectivity index (χ0n) is 12.5. The number of esters is 1. The van der Waals surface area contributed by atoms with Crippen LogP contribution in [0.2, 0.25) is 0 Å². The van der Waals surface area contributed by atoms with E-state index in [2.05, 4.69) is 0 Å². The van der Waals surface area contributed by atoms with Crippen molar-refractivity contribution in [3.8, 4) is 0 Å². The van der Waals surface area contributed by atoms with Gasteiger partial charge in [-0.1, -0.05) is 0 Å². The normalized spacial score (nSPS) is 43.6. The fraction of sp³-hybridized carbons (Fsp3) is 0.923. The minimum atomic E-state index is -3.51. The van der Waals surface area contributed by atoms with Crippen LogP contribution in [0.5, 0.6) is 0 Å². The molecule has 0 spiro atoms. The van der Waals surface area contributed by atoms with E-state index in [-0.39, 0.29) is 29.9 Å². The summed E-state index contributed by atoms with van der Waals surface area (Å²) in [6, 6.07) is 0. The Balaban J connectivity index is 1.36. The molecule has 2 saturated carbocycles. The summed E-state index contributed by atoms with van der Waals surface area (Å²) in [5.74, 6) is -0.327. The second-order valence-corrected chi connectivity index (χ2v) is 11.0. The molecule has 23 heavy (non-hydrogen) atoms. The topological polar surface area (TPSA) is 107 Å². The van der Waals surface area contributed by atoms with Crippen molar-refractivity contribution < 1.29 is 30.6 Å². The minimum Gasteiger partial charge on any atom is -0.458 e. The van der Waals surface area contributed by atoms with E-state index in [1.54, 1.807) is 4.90 Å². The Hall–Kier alpha value is -0.710. The maximum atomic E-state index is 12.1. The van der Waals surface area contributed by atoms with Gasteiger partial charge in [-0.15, -0.1) is 0 Å². The summed E-state index contributed by atoms with van der Waals surface area (Å²) in [5, 5.41) is -0.431. The summed E-state index contributed by atoms with van der Waals surface area (Å²) >= 11 is 0. The molecule has 0 aromatic heterocycles. The molecule has 130 valence electrons. The number of ether oxygens (including phenoxy) is 1. The van der Waals surface area contributed by atoms with Crippen molar-refractivity contribution in [1.82, 2.24) is 4.90 Å². The first-order chi connectivity index (χ1) is 10.8. The van der Waals surface area contributed by atoms with E-state index in [1.165, 1.54) is 0 Å². The average molecular weight is 365 g/mol. The molecular formula is C13H19NO7S2. The van der Waals surface area contributed by atoms with Crippen LogP contribution in [0.3, 0.4) is 0 Å². The van der Waals surface area contributed by atoms with Gasteiger partial charge in [-0.05, 0) is 12.8 Å². The van der Waals surface area contributed by atoms with Gasteiger partial charge >= 0.3 is 5.97 Å². The quantitative estimate of drug-likeness (QED) is 0.452. The fourth-order valence-corrected chi connectivity index (χ4v) is 7.48. The van der Waals surface area contributed by atoms with Crippen LogP contribution in [0, 0.1) is 11.8 Å². The lowest BCUT2D eigenvalue weighted by atomic mass is 9.94. The van der Waals surface area contributed by atoms with Gasteiger partial charge in [-0.3, -0.25) is 13.9 Å². The standard InChI is InChI=1S/C13H19NO7S2/c15-11(7-14-1-3-22(16,17)4-2-14)20-12-8-5-9-10(6-8)23(18,19)21-13(9)12/h8-10,12-13H,1-7H2. The molecule has 0 radical (unpaired) electrons. The number of hydrogen-bond acceptors (Lipinski definition) is 8. The monoisotopic (exact) mass is 365 g/mol. The van der Waals surface area contributed by atoms with Gasteiger partial charge < -0.3 is 4.74 Å². The van der Waals surface area contributed by atoms with Gasteiger partial charge in [0.05, 0.1) is 23.3 Å². The molecule has 2 aliphatic heterocycles. The Kier molecular flexibility index (Phi) is 3.53. The molecule has 2 aliphatic carbocycles. The molecule has 10 heteroatoms. The summed E-state index contributed by atoms with van der Waals surface area (Å²) < 4.78 is 57.1. The summed E-state index contributed by atoms with van der Waals surface area (Å²) in [5.41, 5.74) is 0. The van der Waals surface area contributed by atoms with Crippen LogP contribution in [0.4, 0.5) is 0 Å². The Morgan fingerprint density at radius 3 is 2.52 bits per heavy atom. The minimum absolute atomic E-state index is 0.0340. The predicted molar refractivity (Wildman–Crippen MR) is 78.8 cm³/mol. The van der Waals surface area contributed by atoms with Crippen molar-refractivity contribution in [2.45, 2.75) is 30.3 Å². The molecule has 0 aromatic carbocycles. The molecule has 8 nitrogen and oxygen atoms in total. The molecule has 2 saturated heterocycles. The van der Waals surface area contributed by atoms with E-state index >= 15 is 0 Å². The summed E-state index contributed by atoms with van der Waals surface area (Å²) in [7, 11) is -6.49. The van der Waals surface area contributed by atoms with Crippen molar-refractivity contribution in [2.24, 2.45) is 11.8 Å². The first kappa shape index (κ1) is 15.8. The number of fused-ring (bicyclic) bond motifs is 1. The molecule has 2 bridgehead atoms. The first-order valence-corrected chi connectivity index (χ1v) is 11.1. The van der Waals surface area contributed by atoms with Crippen LogP contribution in [0.25, 0.3) is 0 Å². The second-order valence-electron chi connectivity index (χ2n) is 6.87. The van der Waals surface area contributed by atoms with E-state index in [9.17, 15) is 21.6 Å². The van der Waals surface area contributed by atoms with Gasteiger partial charge in [0.25, 0.3) is 10.1 Å². The Labute approximate surface area is 135 Å². The molecule has 4 aliphatic rings. The fourth-order valence-electron chi connectivity index (χ4n) is 4.32. The molecule has 2 heterocycles. The lowest BCUT2D eigenvalue weighted by Gasteiger charge is -2.28. The maximum Gasteiger partial charge on any atom is 0.320 e. The zero-order valence-corrected chi connectivity index (χ0v) is 14.1. The molecule has 4 rings (SSSR count). The highest BCUT2D eigenvalue weighted by molar-refractivity contribution is 7.91. The van der Waals surface area contributed by atoms with E-state index in [0.717, 1.165) is 6.42 Å². The Bertz CT molecular complexity index is 717. The third kappa shape index (κ3) is 2.69. The molecule has 5 unspecified atom stereocenters. The molecular weight excluding hydrogens is 346 g/mol. The third-order valence-corrected chi connectivity index (χ3v) is 8.85. The number of carbonyl (C=O) groups excluding carboxylic acids is 1. The van der Waals surface area contributed by atoms with Crippen molar-refractivity contribution >= 4 is 25.9 Å². The zero-order chi connectivity index (χ0) is 16.4. The van der Waals surface area contributed by atoms with Crippen molar-refractivity contribution in [2.75, 3.05) is 31.1 Å². The van der Waals surface area contributed by atoms with Crippen LogP contribution in [0.15, 0.2) is 0 Å². The second kappa shape index (κ2) is 5.14. The Morgan fingerprint density at radius 2 is 1.83 bits per heavy atom. The lowest BCUT2D eigenvalue weighted by molar-refractivity contribution is -0.157. The number of nitrogens with zero attached hydrogens (tertiary/aromatic N) is 1. The van der Waals surface area contributed by atoms with Crippen molar-refractivity contribution in [3.63, 3.8) is 0 Å². The smallest absolute Gasteiger partial charge is 0.320 e. The van der Waals surface area contributed by atoms with E-state index in [1.807, 2.05) is 0 Å². The molecule has 0 amide bonds. The highest BCUT2D eigenvalue weighted by atomic mass is 32.2. The average Bonchev–Trinajstić information content (AvgIpc) is 3.05. The highest BCUT2D eigenvalue weighted by Gasteiger charge is 2.65. The van der Waals surface area contributed by atoms with E-state index < -0.39 is 43.4 Å². The van der Waals surface area contributed by atoms with Gasteiger partial charge in [0.1, 0.15) is 12.2 Å². The number of sulfone groups is 1. The van der Waals surface area contributed by atoms with Gasteiger partial charge in [0.15, 0.2) is 9.84 Å². The van der Waals surface area contributed by atoms with Crippen LogP contribution < -0.4 is 0 Å². The lowest BCUT2D eigenvalue weighted by Crippen LogP contribution is -2.45. The van der Waals surface area contributed by atoms with Crippen molar-refractivity contribution in [1.29, 1.82) is 0 Å². The van der Waals surface area contributed by atoms with Crippen LogP contribution in [-0.4, -0.2) is 76.3 Å². The Morgan fingerprint density at radius 1 is 1.13 bits per heavy atom. The van der Waals surface area contributed by atoms with Gasteiger partial charge in [0, 0.05) is 24.9 Å². The molecule has 4 fully saturated rings. The van der Waals surface area contributed by atoms with Gasteiger partial charge in [-0.2, -0.15) is 8.42 Å². The maximum absolute atomic E-state index is 12.1. The number of carbonyl (C=O) groups is 1. The predicted octanol–water partition coefficient (Wildman–Crippen LogP) is -1.23.